The number of anilines is 2. The number of rotatable bonds is 0. The second-order valence-corrected chi connectivity index (χ2v) is 3.39. The van der Waals surface area contributed by atoms with E-state index in [-0.39, 0.29) is 12.4 Å². The summed E-state index contributed by atoms with van der Waals surface area (Å²) in [5.41, 5.74) is 6.67. The van der Waals surface area contributed by atoms with Crippen LogP contribution in [0.3, 0.4) is 0 Å². The summed E-state index contributed by atoms with van der Waals surface area (Å²) in [6.07, 6.45) is 2.26. The van der Waals surface area contributed by atoms with E-state index in [2.05, 4.69) is 10.3 Å². The lowest BCUT2D eigenvalue weighted by molar-refractivity contribution is 0.814. The number of aromatic nitrogens is 1. The molecule has 1 aliphatic heterocycles. The normalized spacial score (nSPS) is 14.5. The topological polar surface area (TPSA) is 50.9 Å². The molecule has 1 aromatic rings. The molecule has 0 saturated carbocycles. The maximum Gasteiger partial charge on any atom is 0.182 e. The lowest BCUT2D eigenvalue weighted by atomic mass is 10.2. The number of nitrogen functional groups attached to an aromatic ring is 1. The van der Waals surface area contributed by atoms with E-state index in [1.54, 1.807) is 11.3 Å². The molecule has 5 heteroatoms. The number of fused-ring (bicyclic) bond motifs is 1. The molecule has 3 nitrogen and oxygen atoms in total. The summed E-state index contributed by atoms with van der Waals surface area (Å²) in [5.74, 6) is 0. The van der Waals surface area contributed by atoms with Gasteiger partial charge in [0.2, 0.25) is 0 Å². The summed E-state index contributed by atoms with van der Waals surface area (Å²) in [5, 5.41) is 5.11. The molecule has 0 amide bonds. The van der Waals surface area contributed by atoms with Crippen molar-refractivity contribution in [3.8, 4) is 0 Å². The fraction of sp³-hybridized carbons (Fsp3) is 0.500. The van der Waals surface area contributed by atoms with Gasteiger partial charge in [-0.1, -0.05) is 11.3 Å². The molecule has 0 fully saturated rings. The molecule has 0 atom stereocenters. The third-order valence-corrected chi connectivity index (χ3v) is 2.47. The van der Waals surface area contributed by atoms with Gasteiger partial charge >= 0.3 is 0 Å². The van der Waals surface area contributed by atoms with Crippen molar-refractivity contribution < 1.29 is 0 Å². The van der Waals surface area contributed by atoms with Crippen LogP contribution in [0.5, 0.6) is 0 Å². The SMILES string of the molecule is Cl.Nc1nc2c(s1)NCCC2. The molecule has 62 valence electrons. The third-order valence-electron chi connectivity index (χ3n) is 1.59. The van der Waals surface area contributed by atoms with Gasteiger partial charge in [-0.05, 0) is 12.8 Å². The molecule has 0 radical (unpaired) electrons. The Kier molecular flexibility index (Phi) is 2.57. The fourth-order valence-electron chi connectivity index (χ4n) is 1.14. The zero-order chi connectivity index (χ0) is 6.97. The highest BCUT2D eigenvalue weighted by Crippen LogP contribution is 2.29. The highest BCUT2D eigenvalue weighted by atomic mass is 35.5. The monoisotopic (exact) mass is 191 g/mol. The molecule has 0 bridgehead atoms. The van der Waals surface area contributed by atoms with Crippen LogP contribution < -0.4 is 11.1 Å². The summed E-state index contributed by atoms with van der Waals surface area (Å²) >= 11 is 1.55. The van der Waals surface area contributed by atoms with Gasteiger partial charge in [-0.2, -0.15) is 0 Å². The van der Waals surface area contributed by atoms with Crippen LogP contribution in [0, 0.1) is 0 Å². The van der Waals surface area contributed by atoms with Crippen LogP contribution in [0.1, 0.15) is 12.1 Å². The number of nitrogens with zero attached hydrogens (tertiary/aromatic N) is 1. The first kappa shape index (κ1) is 8.62. The van der Waals surface area contributed by atoms with Crippen molar-refractivity contribution >= 4 is 33.9 Å². The van der Waals surface area contributed by atoms with Gasteiger partial charge in [-0.15, -0.1) is 12.4 Å². The summed E-state index contributed by atoms with van der Waals surface area (Å²) in [6.45, 7) is 1.06. The Morgan fingerprint density at radius 1 is 1.55 bits per heavy atom. The molecule has 0 spiro atoms. The quantitative estimate of drug-likeness (QED) is 0.654. The summed E-state index contributed by atoms with van der Waals surface area (Å²) in [6, 6.07) is 0. The van der Waals surface area contributed by atoms with Crippen LogP contribution in [0.2, 0.25) is 0 Å². The molecule has 0 unspecified atom stereocenters. The van der Waals surface area contributed by atoms with Crippen molar-refractivity contribution in [3.05, 3.63) is 5.69 Å². The van der Waals surface area contributed by atoms with Crippen LogP contribution in [0.4, 0.5) is 10.1 Å². The number of aryl methyl sites for hydroxylation is 1. The third kappa shape index (κ3) is 1.57. The van der Waals surface area contributed by atoms with Gasteiger partial charge in [-0.25, -0.2) is 4.98 Å². The minimum atomic E-state index is 0. The number of thiazole rings is 1. The number of hydrogen-bond acceptors (Lipinski definition) is 4. The van der Waals surface area contributed by atoms with Crippen molar-refractivity contribution in [1.82, 2.24) is 4.98 Å². The highest BCUT2D eigenvalue weighted by Gasteiger charge is 2.12. The number of nitrogens with two attached hydrogens (primary N) is 1. The largest absolute Gasteiger partial charge is 0.375 e. The predicted molar refractivity (Wildman–Crippen MR) is 50.6 cm³/mol. The van der Waals surface area contributed by atoms with Gasteiger partial charge in [0.15, 0.2) is 5.13 Å². The van der Waals surface area contributed by atoms with Crippen LogP contribution in [-0.2, 0) is 6.42 Å². The average molecular weight is 192 g/mol. The molecule has 1 aromatic heterocycles. The van der Waals surface area contributed by atoms with Crippen LogP contribution in [-0.4, -0.2) is 11.5 Å². The average Bonchev–Trinajstić information content (AvgIpc) is 2.27. The lowest BCUT2D eigenvalue weighted by Crippen LogP contribution is -2.09. The maximum atomic E-state index is 5.53. The van der Waals surface area contributed by atoms with Crippen molar-refractivity contribution in [1.29, 1.82) is 0 Å². The Hall–Kier alpha value is -0.480. The number of nitrogens with one attached hydrogen (secondary N) is 1. The van der Waals surface area contributed by atoms with Gasteiger partial charge in [0, 0.05) is 6.54 Å². The Morgan fingerprint density at radius 2 is 2.36 bits per heavy atom. The number of hydrogen-bond donors (Lipinski definition) is 2. The summed E-state index contributed by atoms with van der Waals surface area (Å²) < 4.78 is 0. The van der Waals surface area contributed by atoms with E-state index in [1.807, 2.05) is 0 Å². The Bertz CT molecular complexity index is 224. The zero-order valence-electron chi connectivity index (χ0n) is 5.96. The molecule has 11 heavy (non-hydrogen) atoms. The van der Waals surface area contributed by atoms with Crippen molar-refractivity contribution in [3.63, 3.8) is 0 Å². The van der Waals surface area contributed by atoms with Crippen molar-refractivity contribution in [2.75, 3.05) is 17.6 Å². The minimum Gasteiger partial charge on any atom is -0.375 e. The first-order chi connectivity index (χ1) is 4.86. The molecule has 0 saturated heterocycles. The fourth-order valence-corrected chi connectivity index (χ4v) is 1.94. The Morgan fingerprint density at radius 3 is 3.09 bits per heavy atom. The second-order valence-electron chi connectivity index (χ2n) is 2.36. The van der Waals surface area contributed by atoms with Gasteiger partial charge in [0.05, 0.1) is 5.69 Å². The van der Waals surface area contributed by atoms with Crippen molar-refractivity contribution in [2.45, 2.75) is 12.8 Å². The zero-order valence-corrected chi connectivity index (χ0v) is 7.60. The van der Waals surface area contributed by atoms with E-state index in [9.17, 15) is 0 Å². The summed E-state index contributed by atoms with van der Waals surface area (Å²) in [4.78, 5) is 4.19. The standard InChI is InChI=1S/C6H9N3S.ClH/c7-6-9-4-2-1-3-8-5(4)10-6;/h8H,1-3H2,(H2,7,9);1H. The molecule has 3 N–H and O–H groups in total. The molecule has 2 rings (SSSR count). The van der Waals surface area contributed by atoms with Crippen LogP contribution in [0.25, 0.3) is 0 Å². The maximum absolute atomic E-state index is 5.53. The van der Waals surface area contributed by atoms with Gasteiger partial charge < -0.3 is 11.1 Å². The van der Waals surface area contributed by atoms with Gasteiger partial charge in [0.1, 0.15) is 5.00 Å². The molecule has 1 aliphatic rings. The van der Waals surface area contributed by atoms with E-state index in [1.165, 1.54) is 11.4 Å². The molecular weight excluding hydrogens is 182 g/mol. The number of halogens is 1. The van der Waals surface area contributed by atoms with Gasteiger partial charge in [0.25, 0.3) is 0 Å². The van der Waals surface area contributed by atoms with E-state index in [0.29, 0.717) is 5.13 Å². The Balaban J connectivity index is 0.000000605. The Labute approximate surface area is 75.4 Å². The van der Waals surface area contributed by atoms with Gasteiger partial charge in [-0.3, -0.25) is 0 Å². The van der Waals surface area contributed by atoms with Crippen LogP contribution in [0.15, 0.2) is 0 Å². The molecule has 0 aliphatic carbocycles. The van der Waals surface area contributed by atoms with E-state index < -0.39 is 0 Å². The molecule has 0 aromatic carbocycles. The smallest absolute Gasteiger partial charge is 0.182 e. The van der Waals surface area contributed by atoms with E-state index in [0.717, 1.165) is 18.7 Å². The second kappa shape index (κ2) is 3.28. The first-order valence-electron chi connectivity index (χ1n) is 3.35. The predicted octanol–water partition coefficient (Wildman–Crippen LogP) is 1.51. The highest BCUT2D eigenvalue weighted by molar-refractivity contribution is 7.19. The molecule has 2 heterocycles. The summed E-state index contributed by atoms with van der Waals surface area (Å²) in [7, 11) is 0. The first-order valence-corrected chi connectivity index (χ1v) is 4.17. The van der Waals surface area contributed by atoms with E-state index in [4.69, 9.17) is 5.73 Å². The molecular formula is C6H10ClN3S. The van der Waals surface area contributed by atoms with E-state index >= 15 is 0 Å². The lowest BCUT2D eigenvalue weighted by Gasteiger charge is -2.10. The minimum absolute atomic E-state index is 0. The van der Waals surface area contributed by atoms with Crippen molar-refractivity contribution in [2.24, 2.45) is 0 Å². The van der Waals surface area contributed by atoms with Crippen LogP contribution >= 0.6 is 23.7 Å².